The molecule has 1 aliphatic heterocycles. The van der Waals surface area contributed by atoms with E-state index in [1.807, 2.05) is 66.2 Å². The van der Waals surface area contributed by atoms with E-state index in [4.69, 9.17) is 4.74 Å². The number of esters is 1. The van der Waals surface area contributed by atoms with Crippen molar-refractivity contribution in [3.8, 4) is 0 Å². The molecule has 1 unspecified atom stereocenters. The third-order valence-electron chi connectivity index (χ3n) is 6.37. The third kappa shape index (κ3) is 4.19. The molecule has 0 amide bonds. The average Bonchev–Trinajstić information content (AvgIpc) is 3.29. The molecule has 0 N–H and O–H groups in total. The predicted octanol–water partition coefficient (Wildman–Crippen LogP) is 4.39. The Kier molecular flexibility index (Phi) is 6.12. The highest BCUT2D eigenvalue weighted by Crippen LogP contribution is 2.39. The fourth-order valence-electron chi connectivity index (χ4n) is 4.89. The third-order valence-corrected chi connectivity index (χ3v) is 6.37. The molecule has 0 saturated heterocycles. The van der Waals surface area contributed by atoms with Crippen LogP contribution in [0.4, 0.5) is 5.69 Å². The minimum Gasteiger partial charge on any atom is -0.465 e. The van der Waals surface area contributed by atoms with E-state index in [-0.39, 0.29) is 5.97 Å². The van der Waals surface area contributed by atoms with Crippen LogP contribution < -0.4 is 4.90 Å². The van der Waals surface area contributed by atoms with Crippen LogP contribution in [0.5, 0.6) is 0 Å². The molecule has 0 aliphatic carbocycles. The van der Waals surface area contributed by atoms with Crippen LogP contribution in [0.3, 0.4) is 0 Å². The lowest BCUT2D eigenvalue weighted by Crippen LogP contribution is -2.54. The Bertz CT molecular complexity index is 1240. The zero-order valence-electron chi connectivity index (χ0n) is 19.3. The Balaban J connectivity index is 1.66. The molecule has 0 spiro atoms. The molecule has 1 aliphatic rings. The molecule has 5 rings (SSSR count). The number of rotatable bonds is 7. The van der Waals surface area contributed by atoms with Gasteiger partial charge in [-0.25, -0.2) is 4.68 Å². The van der Waals surface area contributed by atoms with Gasteiger partial charge in [-0.15, -0.1) is 5.10 Å². The molecule has 0 saturated carbocycles. The maximum atomic E-state index is 13.8. The summed E-state index contributed by atoms with van der Waals surface area (Å²) in [5.74, 6) is -0.239. The average molecular weight is 453 g/mol. The van der Waals surface area contributed by atoms with Crippen molar-refractivity contribution < 1.29 is 9.53 Å². The SMILES string of the molecule is CCOC(=O)C1(Cc2ccccc2)CN(c2ccccc2)Cc2nnn(Cc3ccccc3)c21. The molecule has 0 fully saturated rings. The first kappa shape index (κ1) is 21.9. The molecular formula is C28H28N4O2. The van der Waals surface area contributed by atoms with E-state index >= 15 is 0 Å². The number of hydrogen-bond donors (Lipinski definition) is 0. The van der Waals surface area contributed by atoms with Gasteiger partial charge in [0, 0.05) is 12.2 Å². The summed E-state index contributed by atoms with van der Waals surface area (Å²) in [5, 5.41) is 9.10. The number of para-hydroxylation sites is 1. The number of hydrogen-bond acceptors (Lipinski definition) is 5. The monoisotopic (exact) mass is 452 g/mol. The topological polar surface area (TPSA) is 60.2 Å². The van der Waals surface area contributed by atoms with Crippen LogP contribution in [0.2, 0.25) is 0 Å². The van der Waals surface area contributed by atoms with Crippen LogP contribution in [0.15, 0.2) is 91.0 Å². The standard InChI is InChI=1S/C28H28N4O2/c1-2-34-27(33)28(18-22-12-6-3-7-13-22)21-31(24-16-10-5-11-17-24)20-25-26(28)32(30-29-25)19-23-14-8-4-9-15-23/h3-17H,2,18-21H2,1H3. The number of carbonyl (C=O) groups is 1. The number of aromatic nitrogens is 3. The fourth-order valence-corrected chi connectivity index (χ4v) is 4.89. The summed E-state index contributed by atoms with van der Waals surface area (Å²) in [7, 11) is 0. The van der Waals surface area contributed by atoms with Crippen molar-refractivity contribution in [3.05, 3.63) is 114 Å². The zero-order chi connectivity index (χ0) is 23.4. The lowest BCUT2D eigenvalue weighted by atomic mass is 9.74. The van der Waals surface area contributed by atoms with Gasteiger partial charge in [0.05, 0.1) is 25.4 Å². The zero-order valence-corrected chi connectivity index (χ0v) is 19.3. The molecule has 3 aromatic carbocycles. The van der Waals surface area contributed by atoms with Crippen LogP contribution in [-0.4, -0.2) is 34.1 Å². The first-order chi connectivity index (χ1) is 16.7. The highest BCUT2D eigenvalue weighted by Gasteiger charge is 2.51. The van der Waals surface area contributed by atoms with E-state index in [2.05, 4.69) is 51.6 Å². The van der Waals surface area contributed by atoms with Crippen LogP contribution in [0.1, 0.15) is 29.4 Å². The van der Waals surface area contributed by atoms with Gasteiger partial charge >= 0.3 is 5.97 Å². The van der Waals surface area contributed by atoms with Crippen molar-refractivity contribution in [1.29, 1.82) is 0 Å². The number of ether oxygens (including phenoxy) is 1. The van der Waals surface area contributed by atoms with Crippen molar-refractivity contribution >= 4 is 11.7 Å². The Morgan fingerprint density at radius 2 is 1.53 bits per heavy atom. The second-order valence-corrected chi connectivity index (χ2v) is 8.68. The molecule has 6 nitrogen and oxygen atoms in total. The molecule has 1 aromatic heterocycles. The summed E-state index contributed by atoms with van der Waals surface area (Å²) in [4.78, 5) is 16.1. The van der Waals surface area contributed by atoms with E-state index in [1.54, 1.807) is 0 Å². The summed E-state index contributed by atoms with van der Waals surface area (Å²) in [6, 6.07) is 30.4. The molecule has 2 heterocycles. The van der Waals surface area contributed by atoms with Crippen molar-refractivity contribution in [1.82, 2.24) is 15.0 Å². The van der Waals surface area contributed by atoms with Gasteiger partial charge in [-0.05, 0) is 36.6 Å². The maximum absolute atomic E-state index is 13.8. The van der Waals surface area contributed by atoms with Gasteiger partial charge in [-0.1, -0.05) is 84.1 Å². The highest BCUT2D eigenvalue weighted by atomic mass is 16.5. The van der Waals surface area contributed by atoms with Gasteiger partial charge in [0.15, 0.2) is 0 Å². The molecule has 0 bridgehead atoms. The summed E-state index contributed by atoms with van der Waals surface area (Å²) in [6.07, 6.45) is 0.505. The van der Waals surface area contributed by atoms with Crippen LogP contribution in [0.25, 0.3) is 0 Å². The highest BCUT2D eigenvalue weighted by molar-refractivity contribution is 5.85. The Hall–Kier alpha value is -3.93. The molecular weight excluding hydrogens is 424 g/mol. The molecule has 172 valence electrons. The van der Waals surface area contributed by atoms with Gasteiger partial charge in [0.2, 0.25) is 0 Å². The minimum absolute atomic E-state index is 0.239. The number of fused-ring (bicyclic) bond motifs is 1. The van der Waals surface area contributed by atoms with E-state index < -0.39 is 5.41 Å². The second kappa shape index (κ2) is 9.51. The van der Waals surface area contributed by atoms with Crippen LogP contribution >= 0.6 is 0 Å². The summed E-state index contributed by atoms with van der Waals surface area (Å²) in [5.41, 5.74) is 3.95. The predicted molar refractivity (Wildman–Crippen MR) is 132 cm³/mol. The van der Waals surface area contributed by atoms with E-state index in [0.717, 1.165) is 28.2 Å². The van der Waals surface area contributed by atoms with Gasteiger partial charge in [0.25, 0.3) is 0 Å². The summed E-state index contributed by atoms with van der Waals surface area (Å²) in [6.45, 7) is 3.79. The van der Waals surface area contributed by atoms with Crippen LogP contribution in [-0.2, 0) is 34.5 Å². The summed E-state index contributed by atoms with van der Waals surface area (Å²) >= 11 is 0. The molecule has 6 heteroatoms. The lowest BCUT2D eigenvalue weighted by molar-refractivity contribution is -0.150. The van der Waals surface area contributed by atoms with Crippen molar-refractivity contribution in [2.75, 3.05) is 18.1 Å². The Morgan fingerprint density at radius 3 is 2.18 bits per heavy atom. The van der Waals surface area contributed by atoms with Crippen molar-refractivity contribution in [3.63, 3.8) is 0 Å². The normalized spacial score (nSPS) is 17.3. The van der Waals surface area contributed by atoms with E-state index in [0.29, 0.717) is 32.7 Å². The number of benzene rings is 3. The number of carbonyl (C=O) groups excluding carboxylic acids is 1. The maximum Gasteiger partial charge on any atom is 0.320 e. The Morgan fingerprint density at radius 1 is 0.912 bits per heavy atom. The second-order valence-electron chi connectivity index (χ2n) is 8.68. The molecule has 4 aromatic rings. The van der Waals surface area contributed by atoms with Gasteiger partial charge < -0.3 is 9.64 Å². The molecule has 34 heavy (non-hydrogen) atoms. The minimum atomic E-state index is -0.945. The van der Waals surface area contributed by atoms with Gasteiger partial charge in [-0.2, -0.15) is 0 Å². The number of nitrogens with zero attached hydrogens (tertiary/aromatic N) is 4. The molecule has 0 radical (unpaired) electrons. The lowest BCUT2D eigenvalue weighted by Gasteiger charge is -2.41. The molecule has 1 atom stereocenters. The fraction of sp³-hybridized carbons (Fsp3) is 0.250. The van der Waals surface area contributed by atoms with Crippen molar-refractivity contribution in [2.24, 2.45) is 0 Å². The van der Waals surface area contributed by atoms with Crippen LogP contribution in [0, 0.1) is 0 Å². The summed E-state index contributed by atoms with van der Waals surface area (Å²) < 4.78 is 7.63. The van der Waals surface area contributed by atoms with Crippen molar-refractivity contribution in [2.45, 2.75) is 31.8 Å². The first-order valence-electron chi connectivity index (χ1n) is 11.7. The largest absolute Gasteiger partial charge is 0.465 e. The van der Waals surface area contributed by atoms with Gasteiger partial charge in [0.1, 0.15) is 11.1 Å². The van der Waals surface area contributed by atoms with E-state index in [1.165, 1.54) is 0 Å². The Labute approximate surface area is 199 Å². The quantitative estimate of drug-likeness (QED) is 0.389. The number of anilines is 1. The van der Waals surface area contributed by atoms with Gasteiger partial charge in [-0.3, -0.25) is 4.79 Å². The van der Waals surface area contributed by atoms with E-state index in [9.17, 15) is 4.79 Å². The first-order valence-corrected chi connectivity index (χ1v) is 11.7. The smallest absolute Gasteiger partial charge is 0.320 e.